The number of carbonyl (C=O) groups excluding carboxylic acids is 2. The first-order valence-electron chi connectivity index (χ1n) is 10.5. The van der Waals surface area contributed by atoms with E-state index >= 15 is 0 Å². The molecule has 0 aliphatic heterocycles. The lowest BCUT2D eigenvalue weighted by Crippen LogP contribution is -2.31. The van der Waals surface area contributed by atoms with Crippen LogP contribution in [0.4, 0.5) is 0 Å². The van der Waals surface area contributed by atoms with Gasteiger partial charge in [-0.15, -0.1) is 0 Å². The maximum absolute atomic E-state index is 13.6. The Hall–Kier alpha value is -3.50. The van der Waals surface area contributed by atoms with Crippen molar-refractivity contribution in [1.29, 1.82) is 0 Å². The minimum atomic E-state index is -0.445. The number of aromatic amines is 1. The summed E-state index contributed by atoms with van der Waals surface area (Å²) in [5.74, 6) is 0.288. The molecule has 0 spiro atoms. The molecule has 4 aromatic rings. The third-order valence-electron chi connectivity index (χ3n) is 5.76. The molecule has 3 aromatic carbocycles. The van der Waals surface area contributed by atoms with Crippen molar-refractivity contribution >= 4 is 22.5 Å². The zero-order chi connectivity index (χ0) is 21.8. The number of ketones is 2. The fraction of sp³-hybridized carbons (Fsp3) is 0.185. The molecule has 4 nitrogen and oxygen atoms in total. The number of H-pyrrole nitrogens is 1. The summed E-state index contributed by atoms with van der Waals surface area (Å²) in [5, 5.41) is 4.43. The van der Waals surface area contributed by atoms with E-state index in [1.165, 1.54) is 0 Å². The van der Waals surface area contributed by atoms with Gasteiger partial charge >= 0.3 is 0 Å². The van der Waals surface area contributed by atoms with Crippen molar-refractivity contribution in [3.63, 3.8) is 0 Å². The molecule has 0 aliphatic carbocycles. The Kier molecular flexibility index (Phi) is 6.10. The molecule has 0 bridgehead atoms. The lowest BCUT2D eigenvalue weighted by atomic mass is 9.95. The lowest BCUT2D eigenvalue weighted by molar-refractivity contribution is 0.0943. The van der Waals surface area contributed by atoms with Crippen LogP contribution in [0.5, 0.6) is 0 Å². The van der Waals surface area contributed by atoms with Crippen LogP contribution < -0.4 is 5.32 Å². The number of fused-ring (bicyclic) bond motifs is 1. The number of benzene rings is 3. The van der Waals surface area contributed by atoms with Gasteiger partial charge in [-0.1, -0.05) is 79.7 Å². The standard InChI is InChI=1S/C27H26N2O2/c1-18(20-12-14-21(15-13-20)19(2)30)16-29-26(22-8-4-3-5-9-22)27(31)24-17-28-25-11-7-6-10-23(24)25/h3-15,17-18,26,28-29H,16H2,1-2H3/t18-,26+/m1/s1. The smallest absolute Gasteiger partial charge is 0.186 e. The van der Waals surface area contributed by atoms with Gasteiger partial charge in [0.05, 0.1) is 6.04 Å². The summed E-state index contributed by atoms with van der Waals surface area (Å²) in [7, 11) is 0. The quantitative estimate of drug-likeness (QED) is 0.367. The molecule has 2 atom stereocenters. The van der Waals surface area contributed by atoms with Gasteiger partial charge in [0.25, 0.3) is 0 Å². The van der Waals surface area contributed by atoms with Crippen LogP contribution in [0.3, 0.4) is 0 Å². The number of hydrogen-bond donors (Lipinski definition) is 2. The number of aromatic nitrogens is 1. The summed E-state index contributed by atoms with van der Waals surface area (Å²) in [6.45, 7) is 4.32. The molecule has 0 fully saturated rings. The topological polar surface area (TPSA) is 62.0 Å². The van der Waals surface area contributed by atoms with Gasteiger partial charge in [-0.25, -0.2) is 0 Å². The van der Waals surface area contributed by atoms with Gasteiger partial charge in [0, 0.05) is 34.8 Å². The van der Waals surface area contributed by atoms with Gasteiger partial charge in [-0.2, -0.15) is 0 Å². The van der Waals surface area contributed by atoms with Gasteiger partial charge in [0.2, 0.25) is 0 Å². The minimum absolute atomic E-state index is 0.0442. The predicted molar refractivity (Wildman–Crippen MR) is 125 cm³/mol. The Morgan fingerprint density at radius 1 is 0.871 bits per heavy atom. The van der Waals surface area contributed by atoms with Crippen molar-refractivity contribution in [3.8, 4) is 0 Å². The lowest BCUT2D eigenvalue weighted by Gasteiger charge is -2.21. The second kappa shape index (κ2) is 9.11. The van der Waals surface area contributed by atoms with Crippen molar-refractivity contribution in [2.75, 3.05) is 6.54 Å². The molecule has 0 aliphatic rings. The number of nitrogens with one attached hydrogen (secondary N) is 2. The monoisotopic (exact) mass is 410 g/mol. The van der Waals surface area contributed by atoms with Crippen LogP contribution in [0.15, 0.2) is 85.1 Å². The molecule has 1 heterocycles. The second-order valence-corrected chi connectivity index (χ2v) is 7.94. The van der Waals surface area contributed by atoms with Gasteiger partial charge in [0.15, 0.2) is 11.6 Å². The number of para-hydroxylation sites is 1. The Labute approximate surface area is 182 Å². The Balaban J connectivity index is 1.57. The molecule has 4 rings (SSSR count). The van der Waals surface area contributed by atoms with Crippen LogP contribution in [0, 0.1) is 0 Å². The first-order valence-corrected chi connectivity index (χ1v) is 10.5. The highest BCUT2D eigenvalue weighted by atomic mass is 16.1. The third-order valence-corrected chi connectivity index (χ3v) is 5.76. The average Bonchev–Trinajstić information content (AvgIpc) is 3.24. The van der Waals surface area contributed by atoms with E-state index in [1.54, 1.807) is 13.1 Å². The molecular weight excluding hydrogens is 384 g/mol. The van der Waals surface area contributed by atoms with Crippen LogP contribution in [0.1, 0.15) is 57.7 Å². The summed E-state index contributed by atoms with van der Waals surface area (Å²) < 4.78 is 0. The molecule has 1 aromatic heterocycles. The van der Waals surface area contributed by atoms with Gasteiger partial charge < -0.3 is 10.3 Å². The molecule has 0 amide bonds. The number of rotatable bonds is 8. The summed E-state index contributed by atoms with van der Waals surface area (Å²) in [5.41, 5.74) is 4.42. The van der Waals surface area contributed by atoms with Gasteiger partial charge in [-0.05, 0) is 30.0 Å². The fourth-order valence-corrected chi connectivity index (χ4v) is 3.90. The molecule has 0 radical (unpaired) electrons. The van der Waals surface area contributed by atoms with E-state index in [0.29, 0.717) is 17.7 Å². The molecule has 0 saturated heterocycles. The van der Waals surface area contributed by atoms with Crippen molar-refractivity contribution < 1.29 is 9.59 Å². The summed E-state index contributed by atoms with van der Waals surface area (Å²) >= 11 is 0. The predicted octanol–water partition coefficient (Wildman–Crippen LogP) is 5.69. The highest BCUT2D eigenvalue weighted by Crippen LogP contribution is 2.25. The average molecular weight is 411 g/mol. The summed E-state index contributed by atoms with van der Waals surface area (Å²) in [6.07, 6.45) is 1.80. The van der Waals surface area contributed by atoms with E-state index in [0.717, 1.165) is 22.0 Å². The van der Waals surface area contributed by atoms with Crippen molar-refractivity contribution in [2.24, 2.45) is 0 Å². The maximum atomic E-state index is 13.6. The number of Topliss-reactive ketones (excluding diaryl/α,β-unsaturated/α-hetero) is 2. The van der Waals surface area contributed by atoms with E-state index in [1.807, 2.05) is 78.9 Å². The fourth-order valence-electron chi connectivity index (χ4n) is 3.90. The van der Waals surface area contributed by atoms with Crippen molar-refractivity contribution in [2.45, 2.75) is 25.8 Å². The van der Waals surface area contributed by atoms with E-state index in [2.05, 4.69) is 17.2 Å². The molecular formula is C27H26N2O2. The van der Waals surface area contributed by atoms with E-state index < -0.39 is 6.04 Å². The third kappa shape index (κ3) is 4.49. The van der Waals surface area contributed by atoms with Crippen LogP contribution in [-0.2, 0) is 0 Å². The Morgan fingerprint density at radius 3 is 2.26 bits per heavy atom. The largest absolute Gasteiger partial charge is 0.360 e. The van der Waals surface area contributed by atoms with Crippen LogP contribution in [-0.4, -0.2) is 23.1 Å². The first-order chi connectivity index (χ1) is 15.0. The number of hydrogen-bond acceptors (Lipinski definition) is 3. The molecule has 31 heavy (non-hydrogen) atoms. The molecule has 0 saturated carbocycles. The van der Waals surface area contributed by atoms with Crippen LogP contribution >= 0.6 is 0 Å². The van der Waals surface area contributed by atoms with E-state index in [9.17, 15) is 9.59 Å². The van der Waals surface area contributed by atoms with Gasteiger partial charge in [0.1, 0.15) is 0 Å². The Morgan fingerprint density at radius 2 is 1.55 bits per heavy atom. The van der Waals surface area contributed by atoms with Crippen molar-refractivity contribution in [3.05, 3.63) is 107 Å². The molecule has 156 valence electrons. The maximum Gasteiger partial charge on any atom is 0.186 e. The SMILES string of the molecule is CC(=O)c1ccc([C@H](C)CN[C@H](C(=O)c2c[nH]c3ccccc23)c2ccccc2)cc1. The highest BCUT2D eigenvalue weighted by Gasteiger charge is 2.24. The highest BCUT2D eigenvalue weighted by molar-refractivity contribution is 6.10. The van der Waals surface area contributed by atoms with Crippen LogP contribution in [0.25, 0.3) is 10.9 Å². The normalized spacial score (nSPS) is 13.1. The Bertz CT molecular complexity index is 1190. The zero-order valence-corrected chi connectivity index (χ0v) is 17.8. The first kappa shape index (κ1) is 20.8. The summed E-state index contributed by atoms with van der Waals surface area (Å²) in [6, 6.07) is 24.9. The van der Waals surface area contributed by atoms with E-state index in [-0.39, 0.29) is 17.5 Å². The van der Waals surface area contributed by atoms with E-state index in [4.69, 9.17) is 0 Å². The second-order valence-electron chi connectivity index (χ2n) is 7.94. The van der Waals surface area contributed by atoms with Crippen molar-refractivity contribution in [1.82, 2.24) is 10.3 Å². The zero-order valence-electron chi connectivity index (χ0n) is 17.8. The number of carbonyl (C=O) groups is 2. The minimum Gasteiger partial charge on any atom is -0.360 e. The summed E-state index contributed by atoms with van der Waals surface area (Å²) in [4.78, 5) is 28.3. The molecule has 2 N–H and O–H groups in total. The molecule has 0 unspecified atom stereocenters. The van der Waals surface area contributed by atoms with Gasteiger partial charge in [-0.3, -0.25) is 9.59 Å². The molecule has 4 heteroatoms. The van der Waals surface area contributed by atoms with Crippen LogP contribution in [0.2, 0.25) is 0 Å².